The molecule has 27 heavy (non-hydrogen) atoms. The maximum atomic E-state index is 10.6. The number of aromatic hydroxyl groups is 1. The standard InChI is InChI=1S/C24H35NO2/c1-6-7-8-9-13-19-22(18-12-10-11-14-21(18)27)20(15-26)24(17(4)5)25-23(19)16(2)3/h10-12,14,16-17,26-27H,6-9,13,15H2,1-5H3. The van der Waals surface area contributed by atoms with Gasteiger partial charge in [0.1, 0.15) is 5.75 Å². The Labute approximate surface area is 164 Å². The van der Waals surface area contributed by atoms with Gasteiger partial charge in [-0.15, -0.1) is 0 Å². The zero-order valence-corrected chi connectivity index (χ0v) is 17.5. The molecule has 0 radical (unpaired) electrons. The molecule has 3 heteroatoms. The zero-order chi connectivity index (χ0) is 20.0. The number of hydrogen-bond donors (Lipinski definition) is 2. The highest BCUT2D eigenvalue weighted by Crippen LogP contribution is 2.40. The van der Waals surface area contributed by atoms with Gasteiger partial charge in [0.2, 0.25) is 0 Å². The number of phenols is 1. The molecule has 2 rings (SSSR count). The number of phenolic OH excluding ortho intramolecular Hbond substituents is 1. The van der Waals surface area contributed by atoms with Crippen molar-refractivity contribution in [3.63, 3.8) is 0 Å². The number of hydrogen-bond acceptors (Lipinski definition) is 3. The fraction of sp³-hybridized carbons (Fsp3) is 0.542. The van der Waals surface area contributed by atoms with Gasteiger partial charge in [-0.25, -0.2) is 0 Å². The number of rotatable bonds is 9. The van der Waals surface area contributed by atoms with Crippen LogP contribution < -0.4 is 0 Å². The van der Waals surface area contributed by atoms with E-state index in [9.17, 15) is 10.2 Å². The summed E-state index contributed by atoms with van der Waals surface area (Å²) in [6.45, 7) is 10.7. The average Bonchev–Trinajstić information content (AvgIpc) is 2.64. The molecule has 148 valence electrons. The van der Waals surface area contributed by atoms with Crippen molar-refractivity contribution in [1.29, 1.82) is 0 Å². The second-order valence-electron chi connectivity index (χ2n) is 8.01. The van der Waals surface area contributed by atoms with Crippen LogP contribution in [0.3, 0.4) is 0 Å². The third-order valence-electron chi connectivity index (χ3n) is 5.17. The van der Waals surface area contributed by atoms with Crippen molar-refractivity contribution >= 4 is 0 Å². The zero-order valence-electron chi connectivity index (χ0n) is 17.5. The molecule has 0 saturated heterocycles. The van der Waals surface area contributed by atoms with E-state index in [2.05, 4.69) is 34.6 Å². The monoisotopic (exact) mass is 369 g/mol. The van der Waals surface area contributed by atoms with Crippen LogP contribution in [0.4, 0.5) is 0 Å². The van der Waals surface area contributed by atoms with Gasteiger partial charge in [0, 0.05) is 22.5 Å². The smallest absolute Gasteiger partial charge is 0.123 e. The van der Waals surface area contributed by atoms with Crippen LogP contribution in [0.1, 0.15) is 94.7 Å². The summed E-state index contributed by atoms with van der Waals surface area (Å²) in [5, 5.41) is 20.8. The second-order valence-corrected chi connectivity index (χ2v) is 8.01. The first-order valence-corrected chi connectivity index (χ1v) is 10.4. The summed E-state index contributed by atoms with van der Waals surface area (Å²) < 4.78 is 0. The number of para-hydroxylation sites is 1. The lowest BCUT2D eigenvalue weighted by Crippen LogP contribution is -2.12. The van der Waals surface area contributed by atoms with Crippen LogP contribution in [0.15, 0.2) is 24.3 Å². The van der Waals surface area contributed by atoms with Crippen molar-refractivity contribution in [2.45, 2.75) is 85.2 Å². The molecule has 3 nitrogen and oxygen atoms in total. The highest BCUT2D eigenvalue weighted by atomic mass is 16.3. The van der Waals surface area contributed by atoms with Crippen molar-refractivity contribution in [2.24, 2.45) is 0 Å². The van der Waals surface area contributed by atoms with Crippen LogP contribution in [-0.2, 0) is 13.0 Å². The van der Waals surface area contributed by atoms with Gasteiger partial charge in [-0.3, -0.25) is 4.98 Å². The minimum Gasteiger partial charge on any atom is -0.507 e. The normalized spacial score (nSPS) is 11.6. The minimum absolute atomic E-state index is 0.0650. The number of unbranched alkanes of at least 4 members (excludes halogenated alkanes) is 3. The number of aromatic nitrogens is 1. The summed E-state index contributed by atoms with van der Waals surface area (Å²) in [4.78, 5) is 5.02. The molecule has 2 N–H and O–H groups in total. The van der Waals surface area contributed by atoms with Crippen LogP contribution in [0, 0.1) is 0 Å². The van der Waals surface area contributed by atoms with Gasteiger partial charge in [0.15, 0.2) is 0 Å². The van der Waals surface area contributed by atoms with Crippen molar-refractivity contribution in [3.05, 3.63) is 46.8 Å². The molecule has 1 aromatic heterocycles. The lowest BCUT2D eigenvalue weighted by Gasteiger charge is -2.24. The maximum absolute atomic E-state index is 10.6. The molecule has 1 aromatic carbocycles. The van der Waals surface area contributed by atoms with E-state index in [4.69, 9.17) is 4.98 Å². The fourth-order valence-electron chi connectivity index (χ4n) is 3.81. The van der Waals surface area contributed by atoms with Crippen molar-refractivity contribution in [1.82, 2.24) is 4.98 Å². The lowest BCUT2D eigenvalue weighted by atomic mass is 9.85. The van der Waals surface area contributed by atoms with Crippen LogP contribution >= 0.6 is 0 Å². The summed E-state index contributed by atoms with van der Waals surface area (Å²) in [5.41, 5.74) is 5.90. The van der Waals surface area contributed by atoms with E-state index in [-0.39, 0.29) is 18.3 Å². The molecule has 0 saturated carbocycles. The summed E-state index contributed by atoms with van der Waals surface area (Å²) in [6, 6.07) is 7.46. The van der Waals surface area contributed by atoms with E-state index in [1.165, 1.54) is 24.8 Å². The Morgan fingerprint density at radius 1 is 0.889 bits per heavy atom. The molecular formula is C24H35NO2. The van der Waals surface area contributed by atoms with Gasteiger partial charge in [-0.1, -0.05) is 72.1 Å². The Hall–Kier alpha value is -1.87. The summed E-state index contributed by atoms with van der Waals surface area (Å²) in [7, 11) is 0. The van der Waals surface area contributed by atoms with Crippen molar-refractivity contribution in [2.75, 3.05) is 0 Å². The minimum atomic E-state index is -0.0650. The third-order valence-corrected chi connectivity index (χ3v) is 5.17. The fourth-order valence-corrected chi connectivity index (χ4v) is 3.81. The molecule has 2 aromatic rings. The van der Waals surface area contributed by atoms with Gasteiger partial charge < -0.3 is 10.2 Å². The molecule has 0 amide bonds. The molecule has 0 bridgehead atoms. The number of pyridine rings is 1. The summed E-state index contributed by atoms with van der Waals surface area (Å²) in [6.07, 6.45) is 5.65. The first-order valence-electron chi connectivity index (χ1n) is 10.4. The predicted octanol–water partition coefficient (Wildman–Crippen LogP) is 6.32. The SMILES string of the molecule is CCCCCCc1c(C(C)C)nc(C(C)C)c(CO)c1-c1ccccc1O. The quantitative estimate of drug-likeness (QED) is 0.509. The topological polar surface area (TPSA) is 53.4 Å². The summed E-state index contributed by atoms with van der Waals surface area (Å²) >= 11 is 0. The van der Waals surface area contributed by atoms with E-state index >= 15 is 0 Å². The Bertz CT molecular complexity index is 750. The van der Waals surface area contributed by atoms with Crippen LogP contribution in [0.5, 0.6) is 5.75 Å². The molecule has 1 heterocycles. The van der Waals surface area contributed by atoms with Gasteiger partial charge in [-0.05, 0) is 41.9 Å². The number of benzene rings is 1. The molecular weight excluding hydrogens is 334 g/mol. The molecule has 0 aliphatic carbocycles. The lowest BCUT2D eigenvalue weighted by molar-refractivity contribution is 0.279. The molecule has 0 spiro atoms. The van der Waals surface area contributed by atoms with Gasteiger partial charge >= 0.3 is 0 Å². The largest absolute Gasteiger partial charge is 0.507 e. The summed E-state index contributed by atoms with van der Waals surface area (Å²) in [5.74, 6) is 0.766. The number of nitrogens with zero attached hydrogens (tertiary/aromatic N) is 1. The maximum Gasteiger partial charge on any atom is 0.123 e. The first kappa shape index (κ1) is 21.4. The van der Waals surface area contributed by atoms with E-state index in [1.807, 2.05) is 18.2 Å². The Morgan fingerprint density at radius 3 is 2.07 bits per heavy atom. The average molecular weight is 370 g/mol. The van der Waals surface area contributed by atoms with Crippen molar-refractivity contribution in [3.8, 4) is 16.9 Å². The Morgan fingerprint density at radius 2 is 1.52 bits per heavy atom. The number of aliphatic hydroxyl groups is 1. The van der Waals surface area contributed by atoms with Crippen LogP contribution in [0.2, 0.25) is 0 Å². The molecule has 0 aliphatic rings. The Balaban J connectivity index is 2.75. The molecule has 0 atom stereocenters. The number of aliphatic hydroxyl groups excluding tert-OH is 1. The van der Waals surface area contributed by atoms with E-state index in [1.54, 1.807) is 6.07 Å². The van der Waals surface area contributed by atoms with Crippen LogP contribution in [-0.4, -0.2) is 15.2 Å². The van der Waals surface area contributed by atoms with Crippen LogP contribution in [0.25, 0.3) is 11.1 Å². The van der Waals surface area contributed by atoms with Gasteiger partial charge in [-0.2, -0.15) is 0 Å². The predicted molar refractivity (Wildman–Crippen MR) is 113 cm³/mol. The molecule has 0 unspecified atom stereocenters. The first-order chi connectivity index (χ1) is 12.9. The molecule has 0 fully saturated rings. The second kappa shape index (κ2) is 9.89. The van der Waals surface area contributed by atoms with E-state index in [0.717, 1.165) is 40.9 Å². The highest BCUT2D eigenvalue weighted by Gasteiger charge is 2.24. The Kier molecular flexibility index (Phi) is 7.85. The highest BCUT2D eigenvalue weighted by molar-refractivity contribution is 5.77. The van der Waals surface area contributed by atoms with Crippen molar-refractivity contribution < 1.29 is 10.2 Å². The van der Waals surface area contributed by atoms with E-state index in [0.29, 0.717) is 5.92 Å². The van der Waals surface area contributed by atoms with E-state index < -0.39 is 0 Å². The van der Waals surface area contributed by atoms with Gasteiger partial charge in [0.05, 0.1) is 6.61 Å². The van der Waals surface area contributed by atoms with Gasteiger partial charge in [0.25, 0.3) is 0 Å². The third kappa shape index (κ3) is 4.90. The molecule has 0 aliphatic heterocycles.